The van der Waals surface area contributed by atoms with Gasteiger partial charge >= 0.3 is 0 Å². The van der Waals surface area contributed by atoms with E-state index in [-0.39, 0.29) is 0 Å². The van der Waals surface area contributed by atoms with Gasteiger partial charge in [0.15, 0.2) is 0 Å². The first-order chi connectivity index (χ1) is 9.24. The Morgan fingerprint density at radius 2 is 2.05 bits per heavy atom. The van der Waals surface area contributed by atoms with Gasteiger partial charge in [0, 0.05) is 11.4 Å². The molecule has 2 N–H and O–H groups in total. The molecule has 0 unspecified atom stereocenters. The maximum absolute atomic E-state index is 6.16. The van der Waals surface area contributed by atoms with Crippen LogP contribution in [0.1, 0.15) is 18.7 Å². The van der Waals surface area contributed by atoms with E-state index >= 15 is 0 Å². The number of para-hydroxylation sites is 2. The molecule has 2 aromatic heterocycles. The number of fused-ring (bicyclic) bond motifs is 1. The summed E-state index contributed by atoms with van der Waals surface area (Å²) >= 11 is 1.66. The standard InChI is InChI=1S/C15H17N3S/c1-3-10-9-11(14(16)19-10)15-17-12-7-5-6-8-13(12)18(15)4-2/h5-9H,3-4,16H2,1-2H3. The normalized spacial score (nSPS) is 11.3. The topological polar surface area (TPSA) is 43.8 Å². The highest BCUT2D eigenvalue weighted by molar-refractivity contribution is 7.16. The highest BCUT2D eigenvalue weighted by Gasteiger charge is 2.15. The van der Waals surface area contributed by atoms with Crippen LogP contribution in [0.4, 0.5) is 5.00 Å². The van der Waals surface area contributed by atoms with E-state index in [1.165, 1.54) is 10.4 Å². The average molecular weight is 271 g/mol. The fraction of sp³-hybridized carbons (Fsp3) is 0.267. The molecule has 0 saturated heterocycles. The summed E-state index contributed by atoms with van der Waals surface area (Å²) in [7, 11) is 0. The maximum Gasteiger partial charge on any atom is 0.144 e. The van der Waals surface area contributed by atoms with E-state index in [4.69, 9.17) is 10.7 Å². The van der Waals surface area contributed by atoms with Gasteiger partial charge in [-0.1, -0.05) is 19.1 Å². The van der Waals surface area contributed by atoms with Crippen molar-refractivity contribution in [2.45, 2.75) is 26.8 Å². The highest BCUT2D eigenvalue weighted by Crippen LogP contribution is 2.35. The van der Waals surface area contributed by atoms with Gasteiger partial charge in [0.1, 0.15) is 5.82 Å². The van der Waals surface area contributed by atoms with Crippen molar-refractivity contribution in [3.05, 3.63) is 35.2 Å². The molecule has 3 aromatic rings. The fourth-order valence-corrected chi connectivity index (χ4v) is 3.27. The smallest absolute Gasteiger partial charge is 0.144 e. The number of aryl methyl sites for hydroxylation is 2. The van der Waals surface area contributed by atoms with Gasteiger partial charge in [-0.15, -0.1) is 11.3 Å². The molecule has 0 aliphatic heterocycles. The number of imidazole rings is 1. The number of aromatic nitrogens is 2. The Balaban J connectivity index is 2.26. The molecule has 2 heterocycles. The van der Waals surface area contributed by atoms with E-state index < -0.39 is 0 Å². The number of hydrogen-bond acceptors (Lipinski definition) is 3. The molecule has 0 spiro atoms. The van der Waals surface area contributed by atoms with Gasteiger partial charge in [-0.05, 0) is 31.5 Å². The van der Waals surface area contributed by atoms with E-state index in [0.29, 0.717) is 0 Å². The van der Waals surface area contributed by atoms with Gasteiger partial charge in [0.25, 0.3) is 0 Å². The van der Waals surface area contributed by atoms with E-state index in [9.17, 15) is 0 Å². The zero-order chi connectivity index (χ0) is 13.4. The Morgan fingerprint density at radius 1 is 1.26 bits per heavy atom. The van der Waals surface area contributed by atoms with Crippen molar-refractivity contribution in [1.29, 1.82) is 0 Å². The summed E-state index contributed by atoms with van der Waals surface area (Å²) in [6.07, 6.45) is 1.02. The third kappa shape index (κ3) is 1.92. The van der Waals surface area contributed by atoms with Crippen LogP contribution >= 0.6 is 11.3 Å². The molecule has 0 radical (unpaired) electrons. The fourth-order valence-electron chi connectivity index (χ4n) is 2.41. The first kappa shape index (κ1) is 12.2. The van der Waals surface area contributed by atoms with Crippen LogP contribution in [-0.2, 0) is 13.0 Å². The molecule has 1 aromatic carbocycles. The lowest BCUT2D eigenvalue weighted by atomic mass is 10.2. The Bertz CT molecular complexity index is 724. The number of nitrogens with two attached hydrogens (primary N) is 1. The quantitative estimate of drug-likeness (QED) is 0.784. The molecular formula is C15H17N3S. The van der Waals surface area contributed by atoms with Gasteiger partial charge in [0.2, 0.25) is 0 Å². The second-order valence-electron chi connectivity index (χ2n) is 4.51. The third-order valence-corrected chi connectivity index (χ3v) is 4.48. The van der Waals surface area contributed by atoms with Crippen molar-refractivity contribution in [1.82, 2.24) is 9.55 Å². The van der Waals surface area contributed by atoms with Crippen LogP contribution in [0.15, 0.2) is 30.3 Å². The first-order valence-electron chi connectivity index (χ1n) is 6.58. The molecule has 3 nitrogen and oxygen atoms in total. The minimum Gasteiger partial charge on any atom is -0.390 e. The van der Waals surface area contributed by atoms with Crippen molar-refractivity contribution in [3.63, 3.8) is 0 Å². The predicted octanol–water partition coefficient (Wildman–Crippen LogP) is 3.93. The Labute approximate surface area is 116 Å². The number of hydrogen-bond donors (Lipinski definition) is 1. The second kappa shape index (κ2) is 4.70. The van der Waals surface area contributed by atoms with E-state index in [2.05, 4.69) is 36.6 Å². The summed E-state index contributed by atoms with van der Waals surface area (Å²) in [5, 5.41) is 0.863. The van der Waals surface area contributed by atoms with Crippen molar-refractivity contribution < 1.29 is 0 Å². The molecular weight excluding hydrogens is 254 g/mol. The van der Waals surface area contributed by atoms with Crippen LogP contribution in [0.2, 0.25) is 0 Å². The average Bonchev–Trinajstić information content (AvgIpc) is 2.98. The predicted molar refractivity (Wildman–Crippen MR) is 82.5 cm³/mol. The molecule has 0 aliphatic rings. The summed E-state index contributed by atoms with van der Waals surface area (Å²) < 4.78 is 2.23. The zero-order valence-electron chi connectivity index (χ0n) is 11.2. The van der Waals surface area contributed by atoms with Gasteiger partial charge in [-0.3, -0.25) is 0 Å². The molecule has 0 aliphatic carbocycles. The van der Waals surface area contributed by atoms with Crippen LogP contribution in [-0.4, -0.2) is 9.55 Å². The second-order valence-corrected chi connectivity index (χ2v) is 5.68. The first-order valence-corrected chi connectivity index (χ1v) is 7.40. The van der Waals surface area contributed by atoms with Crippen molar-refractivity contribution >= 4 is 27.4 Å². The molecule has 0 bridgehead atoms. The van der Waals surface area contributed by atoms with E-state index in [0.717, 1.165) is 34.9 Å². The number of nitrogen functional groups attached to an aromatic ring is 1. The minimum absolute atomic E-state index is 0.863. The Kier molecular flexibility index (Phi) is 3.03. The number of anilines is 1. The number of thiophene rings is 1. The molecule has 0 amide bonds. The molecule has 4 heteroatoms. The van der Waals surface area contributed by atoms with Gasteiger partial charge in [-0.2, -0.15) is 0 Å². The Morgan fingerprint density at radius 3 is 2.74 bits per heavy atom. The number of benzene rings is 1. The number of rotatable bonds is 3. The monoisotopic (exact) mass is 271 g/mol. The van der Waals surface area contributed by atoms with Crippen molar-refractivity contribution in [2.24, 2.45) is 0 Å². The van der Waals surface area contributed by atoms with Crippen LogP contribution < -0.4 is 5.73 Å². The summed E-state index contributed by atoms with van der Waals surface area (Å²) in [5.74, 6) is 0.983. The lowest BCUT2D eigenvalue weighted by molar-refractivity contribution is 0.797. The summed E-state index contributed by atoms with van der Waals surface area (Å²) in [4.78, 5) is 6.06. The third-order valence-electron chi connectivity index (χ3n) is 3.37. The molecule has 3 rings (SSSR count). The number of nitrogens with zero attached hydrogens (tertiary/aromatic N) is 2. The SMILES string of the molecule is CCc1cc(-c2nc3ccccc3n2CC)c(N)s1. The minimum atomic E-state index is 0.863. The summed E-state index contributed by atoms with van der Waals surface area (Å²) in [5.41, 5.74) is 9.43. The summed E-state index contributed by atoms with van der Waals surface area (Å²) in [6.45, 7) is 5.19. The van der Waals surface area contributed by atoms with Crippen molar-refractivity contribution in [3.8, 4) is 11.4 Å². The van der Waals surface area contributed by atoms with Crippen molar-refractivity contribution in [2.75, 3.05) is 5.73 Å². The molecule has 19 heavy (non-hydrogen) atoms. The molecule has 98 valence electrons. The van der Waals surface area contributed by atoms with Gasteiger partial charge < -0.3 is 10.3 Å². The maximum atomic E-state index is 6.16. The summed E-state index contributed by atoms with van der Waals surface area (Å²) in [6, 6.07) is 10.4. The lowest BCUT2D eigenvalue weighted by Gasteiger charge is -2.05. The largest absolute Gasteiger partial charge is 0.390 e. The van der Waals surface area contributed by atoms with Crippen LogP contribution in [0.25, 0.3) is 22.4 Å². The zero-order valence-corrected chi connectivity index (χ0v) is 12.0. The highest BCUT2D eigenvalue weighted by atomic mass is 32.1. The Hall–Kier alpha value is -1.81. The van der Waals surface area contributed by atoms with Gasteiger partial charge in [0.05, 0.1) is 21.6 Å². The lowest BCUT2D eigenvalue weighted by Crippen LogP contribution is -1.98. The van der Waals surface area contributed by atoms with E-state index in [1.54, 1.807) is 11.3 Å². The molecule has 0 atom stereocenters. The molecule has 0 fully saturated rings. The molecule has 0 saturated carbocycles. The van der Waals surface area contributed by atoms with Gasteiger partial charge in [-0.25, -0.2) is 4.98 Å². The van der Waals surface area contributed by atoms with Crippen LogP contribution in [0.5, 0.6) is 0 Å². The van der Waals surface area contributed by atoms with Crippen LogP contribution in [0, 0.1) is 0 Å². The van der Waals surface area contributed by atoms with Crippen LogP contribution in [0.3, 0.4) is 0 Å². The van der Waals surface area contributed by atoms with E-state index in [1.807, 2.05) is 12.1 Å².